The number of azide groups is 1. The van der Waals surface area contributed by atoms with E-state index in [4.69, 9.17) is 24.2 Å². The standard InChI is InChI=1S/C25H33N3O4Si/c1-24(2,3)33(18-12-8-6-9-13-18,19-14-10-7-11-15-19)29-17-21-22(30-21)23-20(16-27-28-26)31-25(4,5)32-23/h6-15,20-23H,16-17H2,1-5H3/t20-,21+,22+,23+/m0/s1. The molecule has 0 unspecified atom stereocenters. The predicted octanol–water partition coefficient (Wildman–Crippen LogP) is 4.16. The number of benzene rings is 2. The molecular weight excluding hydrogens is 434 g/mol. The van der Waals surface area contributed by atoms with Crippen molar-refractivity contribution in [3.8, 4) is 0 Å². The zero-order valence-electron chi connectivity index (χ0n) is 20.0. The highest BCUT2D eigenvalue weighted by Crippen LogP contribution is 2.41. The topological polar surface area (TPSA) is 89.0 Å². The predicted molar refractivity (Wildman–Crippen MR) is 130 cm³/mol. The van der Waals surface area contributed by atoms with Crippen molar-refractivity contribution in [3.63, 3.8) is 0 Å². The van der Waals surface area contributed by atoms with Crippen LogP contribution in [0, 0.1) is 0 Å². The Balaban J connectivity index is 1.57. The second kappa shape index (κ2) is 9.22. The molecule has 2 aliphatic rings. The third kappa shape index (κ3) is 4.87. The summed E-state index contributed by atoms with van der Waals surface area (Å²) in [7, 11) is -2.63. The van der Waals surface area contributed by atoms with Crippen LogP contribution < -0.4 is 10.4 Å². The lowest BCUT2D eigenvalue weighted by atomic mass is 10.1. The molecule has 2 aromatic carbocycles. The van der Waals surface area contributed by atoms with E-state index < -0.39 is 14.1 Å². The molecule has 0 aliphatic carbocycles. The fourth-order valence-electron chi connectivity index (χ4n) is 4.95. The van der Waals surface area contributed by atoms with Crippen molar-refractivity contribution in [2.75, 3.05) is 13.2 Å². The van der Waals surface area contributed by atoms with Gasteiger partial charge >= 0.3 is 0 Å². The number of ether oxygens (including phenoxy) is 3. The monoisotopic (exact) mass is 467 g/mol. The first-order valence-corrected chi connectivity index (χ1v) is 13.4. The van der Waals surface area contributed by atoms with E-state index in [2.05, 4.69) is 79.3 Å². The van der Waals surface area contributed by atoms with Crippen molar-refractivity contribution in [2.24, 2.45) is 5.11 Å². The quantitative estimate of drug-likeness (QED) is 0.192. The summed E-state index contributed by atoms with van der Waals surface area (Å²) in [6, 6.07) is 21.1. The molecule has 2 aliphatic heterocycles. The van der Waals surface area contributed by atoms with E-state index in [-0.39, 0.29) is 36.0 Å². The summed E-state index contributed by atoms with van der Waals surface area (Å²) in [6.07, 6.45) is -0.872. The molecule has 0 spiro atoms. The van der Waals surface area contributed by atoms with E-state index in [0.717, 1.165) is 0 Å². The van der Waals surface area contributed by atoms with Crippen LogP contribution in [0.1, 0.15) is 34.6 Å². The van der Waals surface area contributed by atoms with Crippen molar-refractivity contribution >= 4 is 18.7 Å². The van der Waals surface area contributed by atoms with Gasteiger partial charge in [0.1, 0.15) is 18.3 Å². The van der Waals surface area contributed by atoms with E-state index in [1.807, 2.05) is 26.0 Å². The first-order valence-electron chi connectivity index (χ1n) is 11.4. The summed E-state index contributed by atoms with van der Waals surface area (Å²) in [5, 5.41) is 6.08. The van der Waals surface area contributed by atoms with Gasteiger partial charge in [-0.2, -0.15) is 0 Å². The number of rotatable bonds is 8. The van der Waals surface area contributed by atoms with E-state index in [0.29, 0.717) is 6.61 Å². The Kier molecular flexibility index (Phi) is 6.69. The Hall–Kier alpha value is -2.19. The lowest BCUT2D eigenvalue weighted by Gasteiger charge is -2.43. The molecule has 7 nitrogen and oxygen atoms in total. The Morgan fingerprint density at radius 1 is 0.939 bits per heavy atom. The molecular formula is C25H33N3O4Si. The summed E-state index contributed by atoms with van der Waals surface area (Å²) in [5.74, 6) is -0.740. The number of hydrogen-bond acceptors (Lipinski definition) is 5. The summed E-state index contributed by atoms with van der Waals surface area (Å²) >= 11 is 0. The molecule has 0 amide bonds. The maximum atomic E-state index is 8.73. The Morgan fingerprint density at radius 2 is 1.52 bits per heavy atom. The number of hydrogen-bond donors (Lipinski definition) is 0. The zero-order valence-corrected chi connectivity index (χ0v) is 21.0. The molecule has 176 valence electrons. The average Bonchev–Trinajstić information content (AvgIpc) is 3.48. The van der Waals surface area contributed by atoms with Gasteiger partial charge in [-0.1, -0.05) is 86.5 Å². The van der Waals surface area contributed by atoms with Crippen LogP contribution in [-0.2, 0) is 18.6 Å². The molecule has 0 aromatic heterocycles. The second-order valence-electron chi connectivity index (χ2n) is 10.2. The zero-order chi connectivity index (χ0) is 23.7. The van der Waals surface area contributed by atoms with Crippen LogP contribution in [0.25, 0.3) is 10.4 Å². The van der Waals surface area contributed by atoms with Crippen LogP contribution in [0.15, 0.2) is 65.8 Å². The minimum absolute atomic E-state index is 0.0947. The van der Waals surface area contributed by atoms with E-state index >= 15 is 0 Å². The second-order valence-corrected chi connectivity index (χ2v) is 14.5. The van der Waals surface area contributed by atoms with E-state index in [1.54, 1.807) is 0 Å². The smallest absolute Gasteiger partial charge is 0.261 e. The maximum absolute atomic E-state index is 8.73. The van der Waals surface area contributed by atoms with Gasteiger partial charge in [0.2, 0.25) is 0 Å². The molecule has 4 atom stereocenters. The lowest BCUT2D eigenvalue weighted by Crippen LogP contribution is -2.66. The SMILES string of the molecule is CC1(C)O[C@@H]([C@@H]2O[C@@H]2CO[Si](c2ccccc2)(c2ccccc2)C(C)(C)C)[C@H](CN=[N+]=[N-])O1. The van der Waals surface area contributed by atoms with Crippen molar-refractivity contribution in [3.05, 3.63) is 71.1 Å². The molecule has 2 aromatic rings. The van der Waals surface area contributed by atoms with Gasteiger partial charge < -0.3 is 18.6 Å². The fourth-order valence-corrected chi connectivity index (χ4v) is 9.52. The van der Waals surface area contributed by atoms with Crippen molar-refractivity contribution < 1.29 is 18.6 Å². The number of epoxide rings is 1. The molecule has 0 N–H and O–H groups in total. The van der Waals surface area contributed by atoms with Gasteiger partial charge in [-0.05, 0) is 34.8 Å². The van der Waals surface area contributed by atoms with Crippen LogP contribution in [0.4, 0.5) is 0 Å². The van der Waals surface area contributed by atoms with Gasteiger partial charge in [0.25, 0.3) is 8.32 Å². The summed E-state index contributed by atoms with van der Waals surface area (Å²) < 4.78 is 25.1. The lowest BCUT2D eigenvalue weighted by molar-refractivity contribution is -0.147. The van der Waals surface area contributed by atoms with Crippen LogP contribution in [0.5, 0.6) is 0 Å². The van der Waals surface area contributed by atoms with Crippen molar-refractivity contribution in [1.82, 2.24) is 0 Å². The molecule has 0 bridgehead atoms. The Bertz CT molecular complexity index is 950. The van der Waals surface area contributed by atoms with Gasteiger partial charge in [-0.25, -0.2) is 0 Å². The van der Waals surface area contributed by atoms with Crippen LogP contribution in [-0.4, -0.2) is 51.7 Å². The van der Waals surface area contributed by atoms with Gasteiger partial charge in [0.15, 0.2) is 5.79 Å². The highest BCUT2D eigenvalue weighted by atomic mass is 28.4. The van der Waals surface area contributed by atoms with Crippen molar-refractivity contribution in [1.29, 1.82) is 0 Å². The number of nitrogens with zero attached hydrogens (tertiary/aromatic N) is 3. The normalized spacial score (nSPS) is 26.6. The highest BCUT2D eigenvalue weighted by molar-refractivity contribution is 6.99. The Morgan fingerprint density at radius 3 is 2.03 bits per heavy atom. The van der Waals surface area contributed by atoms with Crippen LogP contribution in [0.2, 0.25) is 5.04 Å². The molecule has 0 radical (unpaired) electrons. The largest absolute Gasteiger partial charge is 0.405 e. The maximum Gasteiger partial charge on any atom is 0.261 e. The van der Waals surface area contributed by atoms with E-state index in [9.17, 15) is 0 Å². The summed E-state index contributed by atoms with van der Waals surface area (Å²) in [6.45, 7) is 11.2. The minimum atomic E-state index is -2.63. The van der Waals surface area contributed by atoms with Crippen molar-refractivity contribution in [2.45, 2.75) is 69.9 Å². The summed E-state index contributed by atoms with van der Waals surface area (Å²) in [4.78, 5) is 2.87. The molecule has 8 heteroatoms. The van der Waals surface area contributed by atoms with Gasteiger partial charge in [0, 0.05) is 4.91 Å². The molecule has 4 rings (SSSR count). The van der Waals surface area contributed by atoms with Gasteiger partial charge in [-0.15, -0.1) is 0 Å². The fraction of sp³-hybridized carbons (Fsp3) is 0.520. The molecule has 2 heterocycles. The molecule has 33 heavy (non-hydrogen) atoms. The highest BCUT2D eigenvalue weighted by Gasteiger charge is 2.57. The van der Waals surface area contributed by atoms with Gasteiger partial charge in [-0.3, -0.25) is 0 Å². The molecule has 2 saturated heterocycles. The molecule has 2 fully saturated rings. The average molecular weight is 468 g/mol. The Labute approximate surface area is 196 Å². The third-order valence-corrected chi connectivity index (χ3v) is 11.4. The minimum Gasteiger partial charge on any atom is -0.405 e. The van der Waals surface area contributed by atoms with Gasteiger partial charge in [0.05, 0.1) is 19.3 Å². The van der Waals surface area contributed by atoms with Crippen LogP contribution in [0.3, 0.4) is 0 Å². The summed E-state index contributed by atoms with van der Waals surface area (Å²) in [5.41, 5.74) is 8.73. The molecule has 0 saturated carbocycles. The first kappa shape index (κ1) is 23.9. The first-order chi connectivity index (χ1) is 15.7. The van der Waals surface area contributed by atoms with Crippen LogP contribution >= 0.6 is 0 Å². The third-order valence-electron chi connectivity index (χ3n) is 6.37. The van der Waals surface area contributed by atoms with E-state index in [1.165, 1.54) is 10.4 Å².